The lowest BCUT2D eigenvalue weighted by atomic mass is 10.1. The average molecular weight is 167 g/mol. The predicted octanol–water partition coefficient (Wildman–Crippen LogP) is 0.351. The van der Waals surface area contributed by atoms with Crippen molar-refractivity contribution in [2.24, 2.45) is 0 Å². The summed E-state index contributed by atoms with van der Waals surface area (Å²) in [4.78, 5) is 23.4. The first kappa shape index (κ1) is 7.34. The Balaban J connectivity index is 2.36. The Morgan fingerprint density at radius 1 is 1.33 bits per heavy atom. The zero-order valence-electron chi connectivity index (χ0n) is 6.54. The van der Waals surface area contributed by atoms with Gasteiger partial charge in [-0.05, 0) is 12.8 Å². The molecule has 0 atom stereocenters. The molecule has 2 aliphatic heterocycles. The highest BCUT2D eigenvalue weighted by molar-refractivity contribution is 5.92. The quantitative estimate of drug-likeness (QED) is 0.613. The monoisotopic (exact) mass is 167 g/mol. The van der Waals surface area contributed by atoms with E-state index in [2.05, 4.69) is 0 Å². The summed E-state index contributed by atoms with van der Waals surface area (Å²) < 4.78 is 0. The Morgan fingerprint density at radius 2 is 2.08 bits per heavy atom. The van der Waals surface area contributed by atoms with Crippen molar-refractivity contribution in [1.29, 1.82) is 0 Å². The van der Waals surface area contributed by atoms with Crippen LogP contribution in [0.15, 0.2) is 11.3 Å². The fourth-order valence-corrected chi connectivity index (χ4v) is 1.82. The summed E-state index contributed by atoms with van der Waals surface area (Å²) in [6.45, 7) is 0.565. The average Bonchev–Trinajstić information content (AvgIpc) is 2.53. The molecule has 0 aromatic heterocycles. The number of carboxylic acid groups (broad SMARTS) is 1. The fourth-order valence-electron chi connectivity index (χ4n) is 1.82. The smallest absolute Gasteiger partial charge is 0.333 e. The molecule has 0 bridgehead atoms. The van der Waals surface area contributed by atoms with E-state index in [1.807, 2.05) is 0 Å². The molecule has 2 aliphatic rings. The maximum Gasteiger partial charge on any atom is 0.333 e. The van der Waals surface area contributed by atoms with E-state index < -0.39 is 5.97 Å². The zero-order valence-corrected chi connectivity index (χ0v) is 6.54. The summed E-state index contributed by atoms with van der Waals surface area (Å²) >= 11 is 0. The van der Waals surface area contributed by atoms with Gasteiger partial charge in [-0.15, -0.1) is 0 Å². The van der Waals surface area contributed by atoms with E-state index in [1.54, 1.807) is 4.90 Å². The second-order valence-corrected chi connectivity index (χ2v) is 3.03. The van der Waals surface area contributed by atoms with Crippen LogP contribution in [-0.2, 0) is 9.59 Å². The number of nitrogens with zero attached hydrogens (tertiary/aromatic N) is 1. The van der Waals surface area contributed by atoms with Gasteiger partial charge >= 0.3 is 5.97 Å². The predicted molar refractivity (Wildman–Crippen MR) is 40.2 cm³/mol. The van der Waals surface area contributed by atoms with E-state index in [4.69, 9.17) is 5.11 Å². The Labute approximate surface area is 69.5 Å². The molecule has 2 heterocycles. The lowest BCUT2D eigenvalue weighted by Crippen LogP contribution is -2.19. The van der Waals surface area contributed by atoms with Crippen LogP contribution in [0.3, 0.4) is 0 Å². The Morgan fingerprint density at radius 3 is 2.75 bits per heavy atom. The Kier molecular flexibility index (Phi) is 1.43. The molecule has 0 spiro atoms. The molecular formula is C8H9NO3. The molecular weight excluding hydrogens is 158 g/mol. The topological polar surface area (TPSA) is 57.6 Å². The van der Waals surface area contributed by atoms with E-state index in [0.29, 0.717) is 31.4 Å². The Bertz CT molecular complexity index is 293. The van der Waals surface area contributed by atoms with Crippen molar-refractivity contribution >= 4 is 11.9 Å². The van der Waals surface area contributed by atoms with E-state index in [1.165, 1.54) is 0 Å². The lowest BCUT2D eigenvalue weighted by Gasteiger charge is -2.08. The molecule has 0 unspecified atom stereocenters. The van der Waals surface area contributed by atoms with Gasteiger partial charge in [-0.1, -0.05) is 0 Å². The lowest BCUT2D eigenvalue weighted by molar-refractivity contribution is -0.132. The summed E-state index contributed by atoms with van der Waals surface area (Å²) in [7, 11) is 0. The highest BCUT2D eigenvalue weighted by Crippen LogP contribution is 2.32. The molecule has 0 saturated carbocycles. The summed E-state index contributed by atoms with van der Waals surface area (Å²) in [5, 5.41) is 8.75. The normalized spacial score (nSPS) is 22.0. The second-order valence-electron chi connectivity index (χ2n) is 3.03. The summed E-state index contributed by atoms with van der Waals surface area (Å²) in [5.74, 6) is -0.802. The van der Waals surface area contributed by atoms with Crippen LogP contribution >= 0.6 is 0 Å². The molecule has 0 aromatic rings. The third kappa shape index (κ3) is 0.841. The maximum atomic E-state index is 11.1. The fraction of sp³-hybridized carbons (Fsp3) is 0.500. The van der Waals surface area contributed by atoms with Gasteiger partial charge in [0, 0.05) is 18.7 Å². The number of amides is 1. The number of hydrogen-bond acceptors (Lipinski definition) is 2. The van der Waals surface area contributed by atoms with Crippen molar-refractivity contribution in [2.75, 3.05) is 6.54 Å². The summed E-state index contributed by atoms with van der Waals surface area (Å²) in [6, 6.07) is 0. The molecule has 0 aromatic carbocycles. The summed E-state index contributed by atoms with van der Waals surface area (Å²) in [6.07, 6.45) is 1.60. The van der Waals surface area contributed by atoms with Crippen LogP contribution in [0.25, 0.3) is 0 Å². The molecule has 4 heteroatoms. The Hall–Kier alpha value is -1.32. The van der Waals surface area contributed by atoms with E-state index in [0.717, 1.165) is 5.70 Å². The SMILES string of the molecule is O=C(O)C1=C2CCC(=O)N2CC1. The standard InChI is InChI=1S/C8H9NO3/c10-7-2-1-6-5(8(11)12)3-4-9(6)7/h1-4H2,(H,11,12). The van der Waals surface area contributed by atoms with Gasteiger partial charge in [0.1, 0.15) is 0 Å². The van der Waals surface area contributed by atoms with Gasteiger partial charge in [-0.3, -0.25) is 4.79 Å². The molecule has 64 valence electrons. The van der Waals surface area contributed by atoms with Crippen LogP contribution in [0.4, 0.5) is 0 Å². The molecule has 1 fully saturated rings. The number of allylic oxidation sites excluding steroid dienone is 1. The van der Waals surface area contributed by atoms with Crippen LogP contribution in [0.2, 0.25) is 0 Å². The highest BCUT2D eigenvalue weighted by atomic mass is 16.4. The van der Waals surface area contributed by atoms with Crippen molar-refractivity contribution in [1.82, 2.24) is 4.90 Å². The number of rotatable bonds is 1. The summed E-state index contributed by atoms with van der Waals surface area (Å²) in [5.41, 5.74) is 1.17. The number of hydrogen-bond donors (Lipinski definition) is 1. The van der Waals surface area contributed by atoms with Gasteiger partial charge < -0.3 is 10.0 Å². The zero-order chi connectivity index (χ0) is 8.72. The second kappa shape index (κ2) is 2.33. The van der Waals surface area contributed by atoms with Crippen LogP contribution in [0.1, 0.15) is 19.3 Å². The first-order valence-electron chi connectivity index (χ1n) is 3.96. The van der Waals surface area contributed by atoms with Gasteiger partial charge in [-0.25, -0.2) is 4.79 Å². The van der Waals surface area contributed by atoms with Crippen molar-refractivity contribution in [3.63, 3.8) is 0 Å². The molecule has 0 aliphatic carbocycles. The van der Waals surface area contributed by atoms with E-state index in [-0.39, 0.29) is 5.91 Å². The third-order valence-electron chi connectivity index (χ3n) is 2.39. The highest BCUT2D eigenvalue weighted by Gasteiger charge is 2.34. The molecule has 1 amide bonds. The van der Waals surface area contributed by atoms with Crippen molar-refractivity contribution in [3.05, 3.63) is 11.3 Å². The largest absolute Gasteiger partial charge is 0.478 e. The van der Waals surface area contributed by atoms with Gasteiger partial charge in [0.25, 0.3) is 0 Å². The van der Waals surface area contributed by atoms with Crippen LogP contribution in [0.5, 0.6) is 0 Å². The number of fused-ring (bicyclic) bond motifs is 1. The van der Waals surface area contributed by atoms with Gasteiger partial charge in [0.15, 0.2) is 0 Å². The minimum Gasteiger partial charge on any atom is -0.478 e. The number of carbonyl (C=O) groups is 2. The van der Waals surface area contributed by atoms with E-state index in [9.17, 15) is 9.59 Å². The van der Waals surface area contributed by atoms with Crippen LogP contribution in [0, 0.1) is 0 Å². The van der Waals surface area contributed by atoms with Crippen molar-refractivity contribution in [3.8, 4) is 0 Å². The molecule has 4 nitrogen and oxygen atoms in total. The third-order valence-corrected chi connectivity index (χ3v) is 2.39. The van der Waals surface area contributed by atoms with Gasteiger partial charge in [0.05, 0.1) is 5.57 Å². The van der Waals surface area contributed by atoms with Gasteiger partial charge in [-0.2, -0.15) is 0 Å². The van der Waals surface area contributed by atoms with Gasteiger partial charge in [0.2, 0.25) is 5.91 Å². The number of carboxylic acids is 1. The first-order chi connectivity index (χ1) is 5.70. The van der Waals surface area contributed by atoms with Crippen LogP contribution < -0.4 is 0 Å². The minimum atomic E-state index is -0.873. The number of aliphatic carboxylic acids is 1. The molecule has 1 saturated heterocycles. The van der Waals surface area contributed by atoms with Crippen molar-refractivity contribution in [2.45, 2.75) is 19.3 Å². The minimum absolute atomic E-state index is 0.0706. The number of carbonyl (C=O) groups excluding carboxylic acids is 1. The molecule has 0 radical (unpaired) electrons. The van der Waals surface area contributed by atoms with Crippen LogP contribution in [-0.4, -0.2) is 28.4 Å². The van der Waals surface area contributed by atoms with Crippen molar-refractivity contribution < 1.29 is 14.7 Å². The molecule has 1 N–H and O–H groups in total. The first-order valence-corrected chi connectivity index (χ1v) is 3.96. The van der Waals surface area contributed by atoms with E-state index >= 15 is 0 Å². The molecule has 12 heavy (non-hydrogen) atoms. The maximum absolute atomic E-state index is 11.1. The molecule has 2 rings (SSSR count).